The number of nitrogens with one attached hydrogen (secondary N) is 2. The first-order valence-corrected chi connectivity index (χ1v) is 17.5. The molecule has 7 N–H and O–H groups in total. The highest BCUT2D eigenvalue weighted by atomic mass is 32.2. The van der Waals surface area contributed by atoms with Gasteiger partial charge in [-0.15, -0.1) is 18.9 Å². The third-order valence-electron chi connectivity index (χ3n) is 7.47. The highest BCUT2D eigenvalue weighted by molar-refractivity contribution is 7.95. The number of aryl methyl sites for hydroxylation is 2. The van der Waals surface area contributed by atoms with E-state index < -0.39 is 26.8 Å². The van der Waals surface area contributed by atoms with Crippen LogP contribution < -0.4 is 10.6 Å². The Balaban J connectivity index is 1.41. The summed E-state index contributed by atoms with van der Waals surface area (Å²) < 4.78 is 44.2. The van der Waals surface area contributed by atoms with Crippen LogP contribution in [0.5, 0.6) is 11.8 Å². The first-order chi connectivity index (χ1) is 25.0. The van der Waals surface area contributed by atoms with Crippen LogP contribution in [0, 0.1) is 13.8 Å². The van der Waals surface area contributed by atoms with E-state index in [0.717, 1.165) is 11.1 Å². The maximum atomic E-state index is 12.5. The highest BCUT2D eigenvalue weighted by Crippen LogP contribution is 2.47. The largest absolute Gasteiger partial charge is 0.505 e. The SMILES string of the molecule is Cc1cc(Nc2nc(O)nc(Nc3cccc4cc(SOOO)c(/N=N/c5ccc6ccccc6c5S(=O)(=O)O)c(O)c34)n2)c(SOOO)cc1C. The lowest BCUT2D eigenvalue weighted by Crippen LogP contribution is -2.05. The van der Waals surface area contributed by atoms with Crippen molar-refractivity contribution in [2.75, 3.05) is 10.6 Å². The van der Waals surface area contributed by atoms with Crippen LogP contribution >= 0.6 is 24.1 Å². The third-order valence-corrected chi connectivity index (χ3v) is 9.68. The number of nitrogens with zero attached hydrogens (tertiary/aromatic N) is 5. The van der Waals surface area contributed by atoms with Crippen LogP contribution in [0.25, 0.3) is 21.5 Å². The number of benzene rings is 5. The van der Waals surface area contributed by atoms with Crippen molar-refractivity contribution in [2.24, 2.45) is 10.2 Å². The molecule has 268 valence electrons. The van der Waals surface area contributed by atoms with Gasteiger partial charge in [0.15, 0.2) is 5.75 Å². The number of hydrogen-bond acceptors (Lipinski definition) is 19. The van der Waals surface area contributed by atoms with Gasteiger partial charge >= 0.3 is 6.01 Å². The molecule has 6 rings (SSSR count). The number of phenolic OH excluding ortho intramolecular Hbond substituents is 1. The standard InChI is InChI=1S/C31H25N7O11S3/c1-15-12-22(23(13-16(15)2)50-48-46-41)33-30-34-29(35-31(40)36-30)32-20-9-5-7-18-14-24(51-49-47-42)26(27(39)25(18)20)38-37-21-11-10-17-6-3-4-8-19(17)28(21)52(43,44)45/h3-14,39,41-42H,1-2H3,(H,43,44,45)(H3,32,33,34,35,36,40)/b38-37+. The molecule has 1 aromatic heterocycles. The van der Waals surface area contributed by atoms with Crippen molar-refractivity contribution in [3.63, 3.8) is 0 Å². The lowest BCUT2D eigenvalue weighted by molar-refractivity contribution is -0.432. The van der Waals surface area contributed by atoms with Gasteiger partial charge in [0.25, 0.3) is 10.1 Å². The summed E-state index contributed by atoms with van der Waals surface area (Å²) in [5.74, 6) is -0.724. The fourth-order valence-corrected chi connectivity index (χ4v) is 6.99. The van der Waals surface area contributed by atoms with Gasteiger partial charge in [0, 0.05) is 10.8 Å². The minimum Gasteiger partial charge on any atom is -0.505 e. The molecule has 0 fully saturated rings. The molecule has 6 aromatic rings. The van der Waals surface area contributed by atoms with E-state index in [0.29, 0.717) is 45.4 Å². The predicted octanol–water partition coefficient (Wildman–Crippen LogP) is 8.21. The molecule has 0 atom stereocenters. The molecule has 0 aliphatic rings. The average molecular weight is 768 g/mol. The van der Waals surface area contributed by atoms with Crippen LogP contribution in [-0.4, -0.2) is 48.7 Å². The Morgan fingerprint density at radius 1 is 0.731 bits per heavy atom. The van der Waals surface area contributed by atoms with E-state index in [-0.39, 0.29) is 44.6 Å². The average Bonchev–Trinajstić information content (AvgIpc) is 3.10. The van der Waals surface area contributed by atoms with Crippen molar-refractivity contribution in [1.29, 1.82) is 0 Å². The summed E-state index contributed by atoms with van der Waals surface area (Å²) in [6.45, 7) is 3.75. The molecule has 52 heavy (non-hydrogen) atoms. The van der Waals surface area contributed by atoms with Gasteiger partial charge in [-0.3, -0.25) is 4.55 Å². The summed E-state index contributed by atoms with van der Waals surface area (Å²) in [6, 6.07) is 18.6. The molecule has 18 nitrogen and oxygen atoms in total. The van der Waals surface area contributed by atoms with Crippen molar-refractivity contribution in [3.05, 3.63) is 83.9 Å². The topological polar surface area (TPSA) is 260 Å². The Labute approximate surface area is 302 Å². The fourth-order valence-electron chi connectivity index (χ4n) is 5.13. The van der Waals surface area contributed by atoms with Gasteiger partial charge in [0.2, 0.25) is 11.9 Å². The molecule has 0 aliphatic carbocycles. The highest BCUT2D eigenvalue weighted by Gasteiger charge is 2.22. The van der Waals surface area contributed by atoms with Gasteiger partial charge in [0.1, 0.15) is 16.3 Å². The second kappa shape index (κ2) is 15.6. The van der Waals surface area contributed by atoms with Crippen molar-refractivity contribution in [2.45, 2.75) is 28.5 Å². The molecular formula is C31H25N7O11S3. The predicted molar refractivity (Wildman–Crippen MR) is 189 cm³/mol. The van der Waals surface area contributed by atoms with Crippen LogP contribution in [0.1, 0.15) is 11.1 Å². The molecule has 21 heteroatoms. The van der Waals surface area contributed by atoms with Crippen LogP contribution in [0.15, 0.2) is 97.7 Å². The van der Waals surface area contributed by atoms with E-state index in [1.807, 2.05) is 13.8 Å². The van der Waals surface area contributed by atoms with E-state index in [1.165, 1.54) is 18.2 Å². The molecule has 1 heterocycles. The maximum absolute atomic E-state index is 12.5. The molecular weight excluding hydrogens is 743 g/mol. The van der Waals surface area contributed by atoms with Crippen molar-refractivity contribution >= 4 is 90.4 Å². The minimum absolute atomic E-state index is 0.0797. The summed E-state index contributed by atoms with van der Waals surface area (Å²) in [7, 11) is -4.79. The summed E-state index contributed by atoms with van der Waals surface area (Å²) >= 11 is 1.18. The molecule has 0 unspecified atom stereocenters. The molecule has 5 aromatic carbocycles. The number of hydrogen-bond donors (Lipinski definition) is 7. The summed E-state index contributed by atoms with van der Waals surface area (Å²) in [4.78, 5) is 12.3. The van der Waals surface area contributed by atoms with Gasteiger partial charge in [0.05, 0.1) is 45.3 Å². The lowest BCUT2D eigenvalue weighted by Gasteiger charge is -2.15. The molecule has 0 spiro atoms. The van der Waals surface area contributed by atoms with Gasteiger partial charge in [-0.2, -0.15) is 23.4 Å². The van der Waals surface area contributed by atoms with Gasteiger partial charge in [-0.05, 0) is 66.1 Å². The Hall–Kier alpha value is -5.20. The Kier molecular flexibility index (Phi) is 11.0. The number of phenols is 1. The number of anilines is 4. The number of aromatic hydroxyl groups is 2. The monoisotopic (exact) mass is 767 g/mol. The molecule has 0 saturated heterocycles. The van der Waals surface area contributed by atoms with Gasteiger partial charge in [-0.25, -0.2) is 10.5 Å². The molecule has 0 bridgehead atoms. The first-order valence-electron chi connectivity index (χ1n) is 14.6. The first kappa shape index (κ1) is 36.6. The fraction of sp³-hybridized carbons (Fsp3) is 0.0645. The second-order valence-corrected chi connectivity index (χ2v) is 13.5. The van der Waals surface area contributed by atoms with Crippen LogP contribution in [0.2, 0.25) is 0 Å². The maximum Gasteiger partial charge on any atom is 0.320 e. The van der Waals surface area contributed by atoms with E-state index in [4.69, 9.17) is 10.5 Å². The lowest BCUT2D eigenvalue weighted by atomic mass is 10.1. The summed E-state index contributed by atoms with van der Waals surface area (Å²) in [5, 5.41) is 62.4. The Bertz CT molecular complexity index is 2460. The number of aromatic nitrogens is 3. The van der Waals surface area contributed by atoms with E-state index in [2.05, 4.69) is 54.6 Å². The van der Waals surface area contributed by atoms with E-state index in [9.17, 15) is 23.2 Å². The van der Waals surface area contributed by atoms with Crippen LogP contribution in [0.3, 0.4) is 0 Å². The zero-order valence-corrected chi connectivity index (χ0v) is 29.0. The Morgan fingerprint density at radius 3 is 2.10 bits per heavy atom. The molecule has 0 aliphatic heterocycles. The molecule has 0 amide bonds. The normalized spacial score (nSPS) is 11.9. The van der Waals surface area contributed by atoms with E-state index >= 15 is 0 Å². The van der Waals surface area contributed by atoms with Gasteiger partial charge in [-0.1, -0.05) is 52.5 Å². The molecule has 0 saturated carbocycles. The smallest absolute Gasteiger partial charge is 0.320 e. The number of fused-ring (bicyclic) bond motifs is 2. The molecule has 0 radical (unpaired) electrons. The quantitative estimate of drug-likeness (QED) is 0.0192. The summed E-state index contributed by atoms with van der Waals surface area (Å²) in [6.07, 6.45) is 0. The van der Waals surface area contributed by atoms with E-state index in [1.54, 1.807) is 54.6 Å². The second-order valence-electron chi connectivity index (χ2n) is 10.7. The van der Waals surface area contributed by atoms with Crippen LogP contribution in [0.4, 0.5) is 34.6 Å². The van der Waals surface area contributed by atoms with Crippen LogP contribution in [-0.2, 0) is 28.9 Å². The number of rotatable bonds is 13. The zero-order chi connectivity index (χ0) is 37.0. The summed E-state index contributed by atoms with van der Waals surface area (Å²) in [5.41, 5.74) is 2.01. The van der Waals surface area contributed by atoms with Gasteiger partial charge < -0.3 is 20.8 Å². The number of azo groups is 1. The van der Waals surface area contributed by atoms with Crippen molar-refractivity contribution < 1.29 is 52.4 Å². The third kappa shape index (κ3) is 7.98. The Morgan fingerprint density at radius 2 is 1.38 bits per heavy atom. The minimum atomic E-state index is -4.79. The zero-order valence-electron chi connectivity index (χ0n) is 26.6. The van der Waals surface area contributed by atoms with Crippen molar-refractivity contribution in [1.82, 2.24) is 15.0 Å². The van der Waals surface area contributed by atoms with Crippen molar-refractivity contribution in [3.8, 4) is 11.8 Å².